The van der Waals surface area contributed by atoms with Crippen molar-refractivity contribution in [1.82, 2.24) is 4.98 Å². The van der Waals surface area contributed by atoms with Gasteiger partial charge in [-0.25, -0.2) is 0 Å². The number of nitrogens with zero attached hydrogens (tertiary/aromatic N) is 2. The van der Waals surface area contributed by atoms with Crippen LogP contribution < -0.4 is 10.6 Å². The zero-order chi connectivity index (χ0) is 13.9. The monoisotopic (exact) mass is 269 g/mol. The molecule has 0 spiro atoms. The second-order valence-corrected chi connectivity index (χ2v) is 5.71. The maximum atomic E-state index is 6.07. The molecule has 1 unspecified atom stereocenters. The van der Waals surface area contributed by atoms with Gasteiger partial charge in [-0.15, -0.1) is 0 Å². The summed E-state index contributed by atoms with van der Waals surface area (Å²) in [6.07, 6.45) is 8.28. The normalized spacial score (nSPS) is 19.4. The summed E-state index contributed by atoms with van der Waals surface area (Å²) in [5.41, 5.74) is 9.08. The number of aromatic nitrogens is 1. The highest BCUT2D eigenvalue weighted by atomic mass is 15.2. The standard InChI is InChI=1S/C17H23N3/c1-2-6-13-7-3-4-12-20(13)16-10-9-15(18)17-14(16)8-5-11-19-17/h5,8-11,13H,2-4,6-7,12,18H2,1H3. The Hall–Kier alpha value is -1.77. The maximum absolute atomic E-state index is 6.07. The van der Waals surface area contributed by atoms with Crippen molar-refractivity contribution in [2.24, 2.45) is 0 Å². The van der Waals surface area contributed by atoms with E-state index in [0.717, 1.165) is 17.7 Å². The highest BCUT2D eigenvalue weighted by Gasteiger charge is 2.23. The first kappa shape index (κ1) is 13.2. The first-order valence-corrected chi connectivity index (χ1v) is 7.71. The van der Waals surface area contributed by atoms with E-state index < -0.39 is 0 Å². The summed E-state index contributed by atoms with van der Waals surface area (Å²) < 4.78 is 0. The molecule has 3 heteroatoms. The van der Waals surface area contributed by atoms with E-state index >= 15 is 0 Å². The second-order valence-electron chi connectivity index (χ2n) is 5.71. The molecule has 3 rings (SSSR count). The summed E-state index contributed by atoms with van der Waals surface area (Å²) in [7, 11) is 0. The molecular weight excluding hydrogens is 246 g/mol. The molecule has 2 heterocycles. The maximum Gasteiger partial charge on any atom is 0.0951 e. The van der Waals surface area contributed by atoms with Gasteiger partial charge >= 0.3 is 0 Å². The van der Waals surface area contributed by atoms with E-state index in [0.29, 0.717) is 6.04 Å². The predicted molar refractivity (Wildman–Crippen MR) is 86.0 cm³/mol. The summed E-state index contributed by atoms with van der Waals surface area (Å²) in [5, 5.41) is 1.19. The molecule has 2 N–H and O–H groups in total. The van der Waals surface area contributed by atoms with Gasteiger partial charge in [0.25, 0.3) is 0 Å². The van der Waals surface area contributed by atoms with Crippen molar-refractivity contribution < 1.29 is 0 Å². The van der Waals surface area contributed by atoms with E-state index in [1.807, 2.05) is 18.3 Å². The lowest BCUT2D eigenvalue weighted by atomic mass is 9.96. The minimum Gasteiger partial charge on any atom is -0.397 e. The van der Waals surface area contributed by atoms with Gasteiger partial charge in [-0.2, -0.15) is 0 Å². The molecule has 106 valence electrons. The van der Waals surface area contributed by atoms with Crippen molar-refractivity contribution in [3.8, 4) is 0 Å². The first-order chi connectivity index (χ1) is 9.81. The van der Waals surface area contributed by atoms with Crippen LogP contribution in [0.15, 0.2) is 30.5 Å². The molecule has 1 saturated heterocycles. The van der Waals surface area contributed by atoms with Crippen molar-refractivity contribution >= 4 is 22.3 Å². The fourth-order valence-corrected chi connectivity index (χ4v) is 3.38. The van der Waals surface area contributed by atoms with Gasteiger partial charge in [0.15, 0.2) is 0 Å². The fourth-order valence-electron chi connectivity index (χ4n) is 3.38. The van der Waals surface area contributed by atoms with E-state index in [2.05, 4.69) is 28.9 Å². The molecule has 0 radical (unpaired) electrons. The molecule has 1 atom stereocenters. The quantitative estimate of drug-likeness (QED) is 0.857. The third kappa shape index (κ3) is 2.33. The number of nitrogens with two attached hydrogens (primary N) is 1. The first-order valence-electron chi connectivity index (χ1n) is 7.71. The van der Waals surface area contributed by atoms with E-state index in [1.165, 1.54) is 43.2 Å². The predicted octanol–water partition coefficient (Wildman–Crippen LogP) is 3.98. The largest absolute Gasteiger partial charge is 0.397 e. The molecule has 0 bridgehead atoms. The summed E-state index contributed by atoms with van der Waals surface area (Å²) in [6.45, 7) is 3.42. The number of fused-ring (bicyclic) bond motifs is 1. The van der Waals surface area contributed by atoms with Gasteiger partial charge in [-0.1, -0.05) is 13.3 Å². The van der Waals surface area contributed by atoms with Crippen LogP contribution in [0.5, 0.6) is 0 Å². The average Bonchev–Trinajstić information content (AvgIpc) is 2.49. The Balaban J connectivity index is 2.06. The Morgan fingerprint density at radius 1 is 1.30 bits per heavy atom. The fraction of sp³-hybridized carbons (Fsp3) is 0.471. The van der Waals surface area contributed by atoms with Crippen LogP contribution in [-0.2, 0) is 0 Å². The third-order valence-corrected chi connectivity index (χ3v) is 4.34. The summed E-state index contributed by atoms with van der Waals surface area (Å²) >= 11 is 0. The Morgan fingerprint density at radius 3 is 3.05 bits per heavy atom. The van der Waals surface area contributed by atoms with Gasteiger partial charge in [0.2, 0.25) is 0 Å². The van der Waals surface area contributed by atoms with Crippen LogP contribution >= 0.6 is 0 Å². The SMILES string of the molecule is CCCC1CCCCN1c1ccc(N)c2ncccc12. The second kappa shape index (κ2) is 5.70. The van der Waals surface area contributed by atoms with Crippen molar-refractivity contribution in [3.05, 3.63) is 30.5 Å². The molecule has 3 nitrogen and oxygen atoms in total. The summed E-state index contributed by atoms with van der Waals surface area (Å²) in [5.74, 6) is 0. The van der Waals surface area contributed by atoms with Crippen LogP contribution in [0.25, 0.3) is 10.9 Å². The number of nitrogen functional groups attached to an aromatic ring is 1. The minimum atomic E-state index is 0.667. The van der Waals surface area contributed by atoms with Crippen LogP contribution in [-0.4, -0.2) is 17.6 Å². The molecular formula is C17H23N3. The van der Waals surface area contributed by atoms with Gasteiger partial charge in [-0.05, 0) is 49.9 Å². The van der Waals surface area contributed by atoms with Crippen molar-refractivity contribution in [3.63, 3.8) is 0 Å². The van der Waals surface area contributed by atoms with Crippen LogP contribution in [0.4, 0.5) is 11.4 Å². The van der Waals surface area contributed by atoms with E-state index in [-0.39, 0.29) is 0 Å². The van der Waals surface area contributed by atoms with Crippen LogP contribution in [0.2, 0.25) is 0 Å². The zero-order valence-electron chi connectivity index (χ0n) is 12.2. The molecule has 0 amide bonds. The molecule has 1 aliphatic heterocycles. The number of hydrogen-bond acceptors (Lipinski definition) is 3. The molecule has 1 aliphatic rings. The number of rotatable bonds is 3. The molecule has 0 aliphatic carbocycles. The molecule has 1 aromatic carbocycles. The minimum absolute atomic E-state index is 0.667. The Kier molecular flexibility index (Phi) is 3.77. The number of piperidine rings is 1. The molecule has 1 aromatic heterocycles. The van der Waals surface area contributed by atoms with Gasteiger partial charge in [0.1, 0.15) is 0 Å². The Morgan fingerprint density at radius 2 is 2.20 bits per heavy atom. The van der Waals surface area contributed by atoms with Crippen LogP contribution in [0.3, 0.4) is 0 Å². The van der Waals surface area contributed by atoms with E-state index in [4.69, 9.17) is 5.73 Å². The number of anilines is 2. The summed E-state index contributed by atoms with van der Waals surface area (Å²) in [6, 6.07) is 8.99. The van der Waals surface area contributed by atoms with Gasteiger partial charge < -0.3 is 10.6 Å². The lowest BCUT2D eigenvalue weighted by Gasteiger charge is -2.38. The van der Waals surface area contributed by atoms with Crippen molar-refractivity contribution in [1.29, 1.82) is 0 Å². The van der Waals surface area contributed by atoms with Crippen LogP contribution in [0, 0.1) is 0 Å². The third-order valence-electron chi connectivity index (χ3n) is 4.34. The number of hydrogen-bond donors (Lipinski definition) is 1. The smallest absolute Gasteiger partial charge is 0.0951 e. The topological polar surface area (TPSA) is 42.1 Å². The van der Waals surface area contributed by atoms with Gasteiger partial charge in [0, 0.05) is 29.9 Å². The lowest BCUT2D eigenvalue weighted by Crippen LogP contribution is -2.39. The average molecular weight is 269 g/mol. The highest BCUT2D eigenvalue weighted by molar-refractivity contribution is 5.98. The van der Waals surface area contributed by atoms with Crippen molar-refractivity contribution in [2.45, 2.75) is 45.1 Å². The highest BCUT2D eigenvalue weighted by Crippen LogP contribution is 2.34. The molecule has 2 aromatic rings. The van der Waals surface area contributed by atoms with Gasteiger partial charge in [0.05, 0.1) is 11.2 Å². The van der Waals surface area contributed by atoms with E-state index in [1.54, 1.807) is 0 Å². The zero-order valence-corrected chi connectivity index (χ0v) is 12.2. The van der Waals surface area contributed by atoms with E-state index in [9.17, 15) is 0 Å². The number of pyridine rings is 1. The summed E-state index contributed by atoms with van der Waals surface area (Å²) in [4.78, 5) is 7.04. The van der Waals surface area contributed by atoms with Crippen LogP contribution in [0.1, 0.15) is 39.0 Å². The van der Waals surface area contributed by atoms with Gasteiger partial charge in [-0.3, -0.25) is 4.98 Å². The van der Waals surface area contributed by atoms with Crippen molar-refractivity contribution in [2.75, 3.05) is 17.2 Å². The Bertz CT molecular complexity index is 592. The number of benzene rings is 1. The Labute approximate surface area is 120 Å². The molecule has 1 fully saturated rings. The molecule has 20 heavy (non-hydrogen) atoms. The lowest BCUT2D eigenvalue weighted by molar-refractivity contribution is 0.435. The molecule has 0 saturated carbocycles.